The molecule has 5 heteroatoms. The Bertz CT molecular complexity index is 589. The molecule has 2 aliphatic rings. The number of anilines is 2. The molecule has 0 fully saturated rings. The molecule has 0 saturated carbocycles. The molecule has 5 nitrogen and oxygen atoms in total. The average molecular weight is 255 g/mol. The van der Waals surface area contributed by atoms with E-state index in [1.165, 1.54) is 17.8 Å². The lowest BCUT2D eigenvalue weighted by molar-refractivity contribution is 0.472. The monoisotopic (exact) mass is 255 g/mol. The predicted octanol–water partition coefficient (Wildman–Crippen LogP) is 2.04. The van der Waals surface area contributed by atoms with Gasteiger partial charge in [-0.15, -0.1) is 0 Å². The lowest BCUT2D eigenvalue weighted by Crippen LogP contribution is -2.25. The number of hydrogen-bond acceptors (Lipinski definition) is 4. The molecule has 2 N–H and O–H groups in total. The molecule has 2 aliphatic heterocycles. The molecule has 0 bridgehead atoms. The van der Waals surface area contributed by atoms with Crippen molar-refractivity contribution in [3.05, 3.63) is 35.7 Å². The third-order valence-electron chi connectivity index (χ3n) is 3.94. The summed E-state index contributed by atoms with van der Waals surface area (Å²) in [4.78, 5) is 4.50. The molecular weight excluding hydrogens is 238 g/mol. The van der Waals surface area contributed by atoms with Crippen LogP contribution in [0.2, 0.25) is 0 Å². The van der Waals surface area contributed by atoms with Crippen molar-refractivity contribution in [3.8, 4) is 0 Å². The van der Waals surface area contributed by atoms with Gasteiger partial charge in [0.2, 0.25) is 0 Å². The van der Waals surface area contributed by atoms with Gasteiger partial charge < -0.3 is 10.6 Å². The third-order valence-corrected chi connectivity index (χ3v) is 3.94. The number of rotatable bonds is 1. The van der Waals surface area contributed by atoms with E-state index in [-0.39, 0.29) is 6.04 Å². The first kappa shape index (κ1) is 10.8. The van der Waals surface area contributed by atoms with Crippen LogP contribution in [0.25, 0.3) is 0 Å². The molecule has 0 aromatic carbocycles. The molecule has 0 aliphatic carbocycles. The zero-order chi connectivity index (χ0) is 12.7. The van der Waals surface area contributed by atoms with E-state index in [2.05, 4.69) is 26.4 Å². The SMILES string of the molecule is c1ccc(C2CCNc3c4c(nn32)NCCC4)nc1. The summed E-state index contributed by atoms with van der Waals surface area (Å²) in [6.07, 6.45) is 5.19. The molecule has 0 saturated heterocycles. The van der Waals surface area contributed by atoms with E-state index in [9.17, 15) is 0 Å². The average Bonchev–Trinajstić information content (AvgIpc) is 2.87. The van der Waals surface area contributed by atoms with E-state index < -0.39 is 0 Å². The van der Waals surface area contributed by atoms with Crippen LogP contribution in [0.15, 0.2) is 24.4 Å². The topological polar surface area (TPSA) is 54.8 Å². The minimum absolute atomic E-state index is 0.254. The Morgan fingerprint density at radius 2 is 2.21 bits per heavy atom. The van der Waals surface area contributed by atoms with Crippen LogP contribution in [0.3, 0.4) is 0 Å². The van der Waals surface area contributed by atoms with E-state index in [0.29, 0.717) is 0 Å². The van der Waals surface area contributed by atoms with Gasteiger partial charge in [-0.2, -0.15) is 5.10 Å². The molecule has 0 radical (unpaired) electrons. The maximum Gasteiger partial charge on any atom is 0.153 e. The van der Waals surface area contributed by atoms with Crippen LogP contribution in [-0.4, -0.2) is 27.9 Å². The minimum Gasteiger partial charge on any atom is -0.370 e. The Hall–Kier alpha value is -2.04. The molecule has 1 unspecified atom stereocenters. The molecular formula is C14H17N5. The van der Waals surface area contributed by atoms with Crippen molar-refractivity contribution in [2.45, 2.75) is 25.3 Å². The van der Waals surface area contributed by atoms with Gasteiger partial charge in [-0.05, 0) is 31.4 Å². The van der Waals surface area contributed by atoms with Crippen LogP contribution in [0.5, 0.6) is 0 Å². The van der Waals surface area contributed by atoms with Crippen LogP contribution in [-0.2, 0) is 6.42 Å². The smallest absolute Gasteiger partial charge is 0.153 e. The van der Waals surface area contributed by atoms with E-state index >= 15 is 0 Å². The van der Waals surface area contributed by atoms with Crippen molar-refractivity contribution < 1.29 is 0 Å². The molecule has 0 spiro atoms. The van der Waals surface area contributed by atoms with Gasteiger partial charge in [0.15, 0.2) is 5.82 Å². The zero-order valence-corrected chi connectivity index (χ0v) is 10.8. The lowest BCUT2D eigenvalue weighted by atomic mass is 10.1. The van der Waals surface area contributed by atoms with E-state index in [1.807, 2.05) is 18.3 Å². The Labute approximate surface area is 112 Å². The number of nitrogens with zero attached hydrogens (tertiary/aromatic N) is 3. The van der Waals surface area contributed by atoms with Crippen molar-refractivity contribution in [1.82, 2.24) is 14.8 Å². The first-order valence-corrected chi connectivity index (χ1v) is 6.93. The highest BCUT2D eigenvalue weighted by Crippen LogP contribution is 2.36. The number of nitrogens with one attached hydrogen (secondary N) is 2. The molecule has 19 heavy (non-hydrogen) atoms. The summed E-state index contributed by atoms with van der Waals surface area (Å²) in [6, 6.07) is 6.35. The Morgan fingerprint density at radius 1 is 1.21 bits per heavy atom. The van der Waals surface area contributed by atoms with Gasteiger partial charge in [0.05, 0.1) is 11.7 Å². The fourth-order valence-electron chi connectivity index (χ4n) is 3.03. The van der Waals surface area contributed by atoms with Gasteiger partial charge in [0.1, 0.15) is 5.82 Å². The van der Waals surface area contributed by atoms with Gasteiger partial charge in [0, 0.05) is 24.8 Å². The first-order chi connectivity index (χ1) is 9.43. The first-order valence-electron chi connectivity index (χ1n) is 6.93. The summed E-state index contributed by atoms with van der Waals surface area (Å²) in [5.41, 5.74) is 2.44. The van der Waals surface area contributed by atoms with E-state index in [0.717, 1.165) is 37.4 Å². The summed E-state index contributed by atoms with van der Waals surface area (Å²) in [5, 5.41) is 11.7. The number of hydrogen-bond donors (Lipinski definition) is 2. The largest absolute Gasteiger partial charge is 0.370 e. The van der Waals surface area contributed by atoms with Gasteiger partial charge in [-0.3, -0.25) is 4.98 Å². The molecule has 2 aromatic rings. The Kier molecular flexibility index (Phi) is 2.43. The fourth-order valence-corrected chi connectivity index (χ4v) is 3.03. The van der Waals surface area contributed by atoms with Crippen LogP contribution < -0.4 is 10.6 Å². The normalized spacial score (nSPS) is 20.9. The maximum absolute atomic E-state index is 4.75. The predicted molar refractivity (Wildman–Crippen MR) is 74.5 cm³/mol. The molecule has 98 valence electrons. The highest BCUT2D eigenvalue weighted by Gasteiger charge is 2.28. The van der Waals surface area contributed by atoms with Gasteiger partial charge >= 0.3 is 0 Å². The van der Waals surface area contributed by atoms with Crippen LogP contribution in [0.4, 0.5) is 11.6 Å². The fraction of sp³-hybridized carbons (Fsp3) is 0.429. The van der Waals surface area contributed by atoms with Crippen molar-refractivity contribution in [2.24, 2.45) is 0 Å². The second-order valence-corrected chi connectivity index (χ2v) is 5.14. The maximum atomic E-state index is 4.75. The van der Waals surface area contributed by atoms with Crippen LogP contribution in [0.1, 0.15) is 30.1 Å². The van der Waals surface area contributed by atoms with E-state index in [4.69, 9.17) is 5.10 Å². The number of pyridine rings is 1. The van der Waals surface area contributed by atoms with Crippen LogP contribution >= 0.6 is 0 Å². The summed E-state index contributed by atoms with van der Waals surface area (Å²) < 4.78 is 2.12. The van der Waals surface area contributed by atoms with Gasteiger partial charge in [-0.1, -0.05) is 6.07 Å². The highest BCUT2D eigenvalue weighted by molar-refractivity contribution is 5.61. The highest BCUT2D eigenvalue weighted by atomic mass is 15.4. The summed E-state index contributed by atoms with van der Waals surface area (Å²) >= 11 is 0. The standard InChI is InChI=1S/C14H17N5/c1-2-7-15-11(5-1)12-6-9-17-14-10-4-3-8-16-13(10)18-19(12)14/h1-2,5,7,12,17H,3-4,6,8-9H2,(H,16,18). The van der Waals surface area contributed by atoms with Crippen molar-refractivity contribution in [3.63, 3.8) is 0 Å². The molecule has 2 aromatic heterocycles. The second kappa shape index (κ2) is 4.26. The van der Waals surface area contributed by atoms with Crippen molar-refractivity contribution in [2.75, 3.05) is 23.7 Å². The van der Waals surface area contributed by atoms with Crippen molar-refractivity contribution in [1.29, 1.82) is 0 Å². The third kappa shape index (κ3) is 1.69. The molecule has 0 amide bonds. The van der Waals surface area contributed by atoms with Crippen molar-refractivity contribution >= 4 is 11.6 Å². The summed E-state index contributed by atoms with van der Waals surface area (Å²) in [5.74, 6) is 2.24. The van der Waals surface area contributed by atoms with Gasteiger partial charge in [-0.25, -0.2) is 4.68 Å². The number of aromatic nitrogens is 3. The van der Waals surface area contributed by atoms with Gasteiger partial charge in [0.25, 0.3) is 0 Å². The minimum atomic E-state index is 0.254. The van der Waals surface area contributed by atoms with E-state index in [1.54, 1.807) is 0 Å². The summed E-state index contributed by atoms with van der Waals surface area (Å²) in [6.45, 7) is 2.01. The second-order valence-electron chi connectivity index (χ2n) is 5.14. The van der Waals surface area contributed by atoms with Crippen LogP contribution in [0, 0.1) is 0 Å². The Morgan fingerprint density at radius 3 is 3.11 bits per heavy atom. The Balaban J connectivity index is 1.81. The summed E-state index contributed by atoms with van der Waals surface area (Å²) in [7, 11) is 0. The molecule has 4 rings (SSSR count). The quantitative estimate of drug-likeness (QED) is 0.819. The zero-order valence-electron chi connectivity index (χ0n) is 10.8. The molecule has 1 atom stereocenters. The molecule has 4 heterocycles. The lowest BCUT2D eigenvalue weighted by Gasteiger charge is -2.25. The number of fused-ring (bicyclic) bond motifs is 3.